The normalized spacial score (nSPS) is 22.5. The molecule has 1 spiro atoms. The predicted molar refractivity (Wildman–Crippen MR) is 117 cm³/mol. The van der Waals surface area contributed by atoms with Gasteiger partial charge in [-0.1, -0.05) is 6.92 Å². The van der Waals surface area contributed by atoms with Crippen molar-refractivity contribution in [3.8, 4) is 0 Å². The van der Waals surface area contributed by atoms with Crippen molar-refractivity contribution in [3.63, 3.8) is 0 Å². The number of nitrogens with zero attached hydrogens (tertiary/aromatic N) is 6. The van der Waals surface area contributed by atoms with E-state index in [2.05, 4.69) is 36.9 Å². The highest BCUT2D eigenvalue weighted by molar-refractivity contribution is 5.70. The molecule has 0 aromatic carbocycles. The summed E-state index contributed by atoms with van der Waals surface area (Å²) in [5.41, 5.74) is -0.346. The summed E-state index contributed by atoms with van der Waals surface area (Å²) in [5, 5.41) is 3.06. The zero-order valence-corrected chi connectivity index (χ0v) is 18.3. The largest absolute Gasteiger partial charge is 0.441 e. The fourth-order valence-corrected chi connectivity index (χ4v) is 4.69. The van der Waals surface area contributed by atoms with Crippen LogP contribution in [0.1, 0.15) is 26.2 Å². The zero-order valence-electron chi connectivity index (χ0n) is 18.3. The van der Waals surface area contributed by atoms with Gasteiger partial charge in [0.25, 0.3) is 0 Å². The standard InChI is InChI=1S/C21H35N7O2/c1-3-25-13-15-26(16-14-25)9-4-10-28-17-21(30-20(28)29)6-11-27(12-7-21)19-23-8-5-18(22-2)24-19/h5,8H,3-4,6-7,9-17H2,1-2H3,(H,22,23,24). The maximum atomic E-state index is 12.5. The van der Waals surface area contributed by atoms with Gasteiger partial charge in [0.05, 0.1) is 6.54 Å². The molecule has 1 N–H and O–H groups in total. The van der Waals surface area contributed by atoms with Crippen LogP contribution in [0.5, 0.6) is 0 Å². The lowest BCUT2D eigenvalue weighted by atomic mass is 9.91. The summed E-state index contributed by atoms with van der Waals surface area (Å²) in [6.07, 6.45) is 4.28. The van der Waals surface area contributed by atoms with Crippen LogP contribution in [-0.2, 0) is 4.74 Å². The molecule has 1 aromatic rings. The van der Waals surface area contributed by atoms with Crippen molar-refractivity contribution in [2.24, 2.45) is 0 Å². The summed E-state index contributed by atoms with van der Waals surface area (Å²) in [6.45, 7) is 12.1. The fraction of sp³-hybridized carbons (Fsp3) is 0.762. The van der Waals surface area contributed by atoms with Crippen LogP contribution in [0.25, 0.3) is 0 Å². The predicted octanol–water partition coefficient (Wildman–Crippen LogP) is 1.34. The molecule has 1 amide bonds. The average molecular weight is 418 g/mol. The van der Waals surface area contributed by atoms with Crippen LogP contribution in [-0.4, -0.2) is 109 Å². The van der Waals surface area contributed by atoms with Crippen molar-refractivity contribution >= 4 is 17.9 Å². The van der Waals surface area contributed by atoms with Crippen molar-refractivity contribution in [3.05, 3.63) is 12.3 Å². The first kappa shape index (κ1) is 21.1. The van der Waals surface area contributed by atoms with E-state index in [9.17, 15) is 4.79 Å². The van der Waals surface area contributed by atoms with E-state index >= 15 is 0 Å². The molecule has 3 saturated heterocycles. The van der Waals surface area contributed by atoms with Gasteiger partial charge in [-0.2, -0.15) is 4.98 Å². The molecule has 3 aliphatic rings. The summed E-state index contributed by atoms with van der Waals surface area (Å²) in [4.78, 5) is 30.5. The Hall–Kier alpha value is -2.13. The van der Waals surface area contributed by atoms with Crippen molar-refractivity contribution in [2.45, 2.75) is 31.8 Å². The van der Waals surface area contributed by atoms with E-state index in [1.807, 2.05) is 18.0 Å². The number of rotatable bonds is 7. The molecule has 4 heterocycles. The van der Waals surface area contributed by atoms with Gasteiger partial charge < -0.3 is 29.7 Å². The van der Waals surface area contributed by atoms with Crippen molar-refractivity contribution in [1.82, 2.24) is 24.7 Å². The Morgan fingerprint density at radius 2 is 1.83 bits per heavy atom. The maximum absolute atomic E-state index is 12.5. The Bertz CT molecular complexity index is 715. The maximum Gasteiger partial charge on any atom is 0.410 e. The van der Waals surface area contributed by atoms with E-state index in [0.717, 1.165) is 89.9 Å². The van der Waals surface area contributed by atoms with Gasteiger partial charge in [-0.15, -0.1) is 0 Å². The van der Waals surface area contributed by atoms with E-state index in [1.54, 1.807) is 6.20 Å². The lowest BCUT2D eigenvalue weighted by Gasteiger charge is -2.37. The third-order valence-corrected chi connectivity index (χ3v) is 6.71. The zero-order chi connectivity index (χ0) is 21.0. The number of carbonyl (C=O) groups is 1. The SMILES string of the molecule is CCN1CCN(CCCN2CC3(CCN(c4nccc(NC)n4)CC3)OC2=O)CC1. The van der Waals surface area contributed by atoms with E-state index in [4.69, 9.17) is 4.74 Å². The van der Waals surface area contributed by atoms with Gasteiger partial charge in [-0.25, -0.2) is 9.78 Å². The topological polar surface area (TPSA) is 77.1 Å². The molecule has 3 aliphatic heterocycles. The monoisotopic (exact) mass is 417 g/mol. The van der Waals surface area contributed by atoms with Gasteiger partial charge in [-0.05, 0) is 25.6 Å². The van der Waals surface area contributed by atoms with E-state index in [1.165, 1.54) is 0 Å². The molecule has 0 saturated carbocycles. The van der Waals surface area contributed by atoms with Crippen molar-refractivity contribution in [1.29, 1.82) is 0 Å². The second kappa shape index (κ2) is 9.34. The summed E-state index contributed by atoms with van der Waals surface area (Å²) in [7, 11) is 1.86. The van der Waals surface area contributed by atoms with Gasteiger partial charge >= 0.3 is 6.09 Å². The van der Waals surface area contributed by atoms with Crippen LogP contribution in [0.2, 0.25) is 0 Å². The van der Waals surface area contributed by atoms with Crippen LogP contribution in [0.3, 0.4) is 0 Å². The Labute approximate surface area is 179 Å². The van der Waals surface area contributed by atoms with Crippen molar-refractivity contribution < 1.29 is 9.53 Å². The minimum Gasteiger partial charge on any atom is -0.441 e. The number of piperazine rings is 1. The van der Waals surface area contributed by atoms with E-state index < -0.39 is 0 Å². The van der Waals surface area contributed by atoms with Crippen LogP contribution in [0.15, 0.2) is 12.3 Å². The number of aromatic nitrogens is 2. The molecular weight excluding hydrogens is 382 g/mol. The molecule has 30 heavy (non-hydrogen) atoms. The molecular formula is C21H35N7O2. The highest BCUT2D eigenvalue weighted by atomic mass is 16.6. The first-order chi connectivity index (χ1) is 14.6. The Kier molecular flexibility index (Phi) is 6.58. The Morgan fingerprint density at radius 3 is 2.53 bits per heavy atom. The second-order valence-electron chi connectivity index (χ2n) is 8.58. The number of hydrogen-bond acceptors (Lipinski definition) is 8. The molecule has 9 nitrogen and oxygen atoms in total. The minimum atomic E-state index is -0.346. The Morgan fingerprint density at radius 1 is 1.10 bits per heavy atom. The highest BCUT2D eigenvalue weighted by Gasteiger charge is 2.47. The molecule has 0 radical (unpaired) electrons. The molecule has 3 fully saturated rings. The number of carbonyl (C=O) groups excluding carboxylic acids is 1. The summed E-state index contributed by atoms with van der Waals surface area (Å²) >= 11 is 0. The minimum absolute atomic E-state index is 0.146. The number of anilines is 2. The van der Waals surface area contributed by atoms with Gasteiger partial charge in [0.2, 0.25) is 5.95 Å². The third kappa shape index (κ3) is 4.78. The van der Waals surface area contributed by atoms with E-state index in [-0.39, 0.29) is 11.7 Å². The third-order valence-electron chi connectivity index (χ3n) is 6.71. The number of piperidine rings is 1. The number of nitrogens with one attached hydrogen (secondary N) is 1. The summed E-state index contributed by atoms with van der Waals surface area (Å²) in [6, 6.07) is 1.86. The quantitative estimate of drug-likeness (QED) is 0.712. The van der Waals surface area contributed by atoms with Crippen LogP contribution in [0, 0.1) is 0 Å². The number of hydrogen-bond donors (Lipinski definition) is 1. The molecule has 1 aromatic heterocycles. The molecule has 9 heteroatoms. The highest BCUT2D eigenvalue weighted by Crippen LogP contribution is 2.34. The molecule has 0 atom stereocenters. The van der Waals surface area contributed by atoms with Crippen molar-refractivity contribution in [2.75, 3.05) is 82.7 Å². The van der Waals surface area contributed by atoms with Gasteiger partial charge in [0, 0.05) is 71.9 Å². The average Bonchev–Trinajstić information content (AvgIpc) is 3.09. The molecule has 0 bridgehead atoms. The molecule has 4 rings (SSSR count). The summed E-state index contributed by atoms with van der Waals surface area (Å²) in [5.74, 6) is 1.55. The molecule has 0 unspecified atom stereocenters. The fourth-order valence-electron chi connectivity index (χ4n) is 4.69. The van der Waals surface area contributed by atoms with Crippen LogP contribution >= 0.6 is 0 Å². The molecule has 166 valence electrons. The smallest absolute Gasteiger partial charge is 0.410 e. The Balaban J connectivity index is 1.23. The number of likely N-dealkylation sites (N-methyl/N-ethyl adjacent to an activating group) is 1. The van der Waals surface area contributed by atoms with Gasteiger partial charge in [0.1, 0.15) is 11.4 Å². The second-order valence-corrected chi connectivity index (χ2v) is 8.58. The molecule has 0 aliphatic carbocycles. The lowest BCUT2D eigenvalue weighted by Crippen LogP contribution is -2.48. The number of ether oxygens (including phenoxy) is 1. The van der Waals surface area contributed by atoms with Gasteiger partial charge in [-0.3, -0.25) is 0 Å². The first-order valence-corrected chi connectivity index (χ1v) is 11.3. The first-order valence-electron chi connectivity index (χ1n) is 11.3. The van der Waals surface area contributed by atoms with Gasteiger partial charge in [0.15, 0.2) is 0 Å². The number of amides is 1. The van der Waals surface area contributed by atoms with E-state index in [0.29, 0.717) is 6.54 Å². The van der Waals surface area contributed by atoms with Crippen LogP contribution < -0.4 is 10.2 Å². The lowest BCUT2D eigenvalue weighted by molar-refractivity contribution is 0.0364. The van der Waals surface area contributed by atoms with Crippen LogP contribution in [0.4, 0.5) is 16.6 Å². The summed E-state index contributed by atoms with van der Waals surface area (Å²) < 4.78 is 5.89.